The highest BCUT2D eigenvalue weighted by atomic mass is 32.2. The van der Waals surface area contributed by atoms with Crippen LogP contribution in [0, 0.1) is 5.92 Å². The van der Waals surface area contributed by atoms with Crippen LogP contribution >= 0.6 is 11.9 Å². The minimum atomic E-state index is 0.222. The summed E-state index contributed by atoms with van der Waals surface area (Å²) in [6.07, 6.45) is 0. The van der Waals surface area contributed by atoms with Crippen molar-refractivity contribution < 1.29 is 0 Å². The summed E-state index contributed by atoms with van der Waals surface area (Å²) in [4.78, 5) is 0. The van der Waals surface area contributed by atoms with Gasteiger partial charge >= 0.3 is 0 Å². The van der Waals surface area contributed by atoms with Crippen LogP contribution in [0.1, 0.15) is 13.8 Å². The fourth-order valence-corrected chi connectivity index (χ4v) is 0.816. The van der Waals surface area contributed by atoms with E-state index in [4.69, 9.17) is 5.73 Å². The predicted octanol–water partition coefficient (Wildman–Crippen LogP) is 0.795. The maximum absolute atomic E-state index is 5.63. The first kappa shape index (κ1) is 8.27. The van der Waals surface area contributed by atoms with Gasteiger partial charge in [0.15, 0.2) is 0 Å². The van der Waals surface area contributed by atoms with Crippen molar-refractivity contribution in [2.45, 2.75) is 19.2 Å². The Morgan fingerprint density at radius 2 is 2.00 bits per heavy atom. The van der Waals surface area contributed by atoms with Crippen molar-refractivity contribution in [3.05, 3.63) is 0 Å². The van der Waals surface area contributed by atoms with Crippen molar-refractivity contribution in [3.63, 3.8) is 0 Å². The lowest BCUT2D eigenvalue weighted by atomic mass is 10.2. The van der Waals surface area contributed by atoms with Gasteiger partial charge in [0, 0.05) is 0 Å². The lowest BCUT2D eigenvalue weighted by Crippen LogP contribution is -2.24. The van der Waals surface area contributed by atoms with Crippen LogP contribution in [0.4, 0.5) is 0 Å². The predicted molar refractivity (Wildman–Crippen MR) is 39.5 cm³/mol. The SMILES string of the molecule is CNSC(N)C(C)C. The molecule has 0 aromatic carbocycles. The van der Waals surface area contributed by atoms with Crippen LogP contribution in [-0.4, -0.2) is 12.4 Å². The van der Waals surface area contributed by atoms with Crippen LogP contribution in [0.3, 0.4) is 0 Å². The minimum absolute atomic E-state index is 0.222. The van der Waals surface area contributed by atoms with E-state index in [0.717, 1.165) is 0 Å². The van der Waals surface area contributed by atoms with Gasteiger partial charge in [0.25, 0.3) is 0 Å². The molecule has 0 bridgehead atoms. The summed E-state index contributed by atoms with van der Waals surface area (Å²) in [5.41, 5.74) is 5.63. The first-order valence-electron chi connectivity index (χ1n) is 2.76. The van der Waals surface area contributed by atoms with Crippen LogP contribution in [-0.2, 0) is 0 Å². The van der Waals surface area contributed by atoms with E-state index in [1.807, 2.05) is 7.05 Å². The molecule has 0 fully saturated rings. The fraction of sp³-hybridized carbons (Fsp3) is 1.00. The van der Waals surface area contributed by atoms with E-state index in [0.29, 0.717) is 5.92 Å². The van der Waals surface area contributed by atoms with Crippen LogP contribution < -0.4 is 10.5 Å². The standard InChI is InChI=1S/C5H14N2S/c1-4(2)5(6)8-7-3/h4-5,7H,6H2,1-3H3. The maximum atomic E-state index is 5.63. The summed E-state index contributed by atoms with van der Waals surface area (Å²) < 4.78 is 2.94. The molecule has 8 heavy (non-hydrogen) atoms. The van der Waals surface area contributed by atoms with E-state index >= 15 is 0 Å². The third kappa shape index (κ3) is 3.29. The lowest BCUT2D eigenvalue weighted by molar-refractivity contribution is 0.622. The second-order valence-corrected chi connectivity index (χ2v) is 3.22. The van der Waals surface area contributed by atoms with E-state index in [9.17, 15) is 0 Å². The van der Waals surface area contributed by atoms with Crippen LogP contribution in [0.2, 0.25) is 0 Å². The molecule has 0 aromatic heterocycles. The quantitative estimate of drug-likeness (QED) is 0.443. The summed E-state index contributed by atoms with van der Waals surface area (Å²) in [6, 6.07) is 0. The largest absolute Gasteiger partial charge is 0.318 e. The van der Waals surface area contributed by atoms with Gasteiger partial charge in [0.1, 0.15) is 0 Å². The zero-order valence-electron chi connectivity index (χ0n) is 5.64. The first-order chi connectivity index (χ1) is 3.68. The average Bonchev–Trinajstić information content (AvgIpc) is 1.67. The molecule has 3 heteroatoms. The van der Waals surface area contributed by atoms with Gasteiger partial charge in [0.2, 0.25) is 0 Å². The van der Waals surface area contributed by atoms with Crippen LogP contribution in [0.15, 0.2) is 0 Å². The molecule has 1 atom stereocenters. The highest BCUT2D eigenvalue weighted by Crippen LogP contribution is 2.08. The molecule has 0 saturated heterocycles. The van der Waals surface area contributed by atoms with Gasteiger partial charge in [-0.3, -0.25) is 4.72 Å². The molecular weight excluding hydrogens is 120 g/mol. The van der Waals surface area contributed by atoms with Gasteiger partial charge in [-0.05, 0) is 13.0 Å². The van der Waals surface area contributed by atoms with Crippen molar-refractivity contribution in [1.29, 1.82) is 0 Å². The minimum Gasteiger partial charge on any atom is -0.318 e. The second-order valence-electron chi connectivity index (χ2n) is 2.03. The zero-order valence-corrected chi connectivity index (χ0v) is 6.46. The van der Waals surface area contributed by atoms with Gasteiger partial charge in [-0.2, -0.15) is 0 Å². The summed E-state index contributed by atoms with van der Waals surface area (Å²) in [6.45, 7) is 4.21. The molecule has 0 rings (SSSR count). The molecule has 0 heterocycles. The Kier molecular flexibility index (Phi) is 4.32. The number of hydrogen-bond acceptors (Lipinski definition) is 3. The van der Waals surface area contributed by atoms with Gasteiger partial charge in [-0.25, -0.2) is 0 Å². The Balaban J connectivity index is 3.17. The van der Waals surface area contributed by atoms with Crippen molar-refractivity contribution in [3.8, 4) is 0 Å². The van der Waals surface area contributed by atoms with Crippen molar-refractivity contribution in [1.82, 2.24) is 4.72 Å². The molecule has 0 spiro atoms. The third-order valence-corrected chi connectivity index (χ3v) is 1.96. The number of nitrogens with one attached hydrogen (secondary N) is 1. The molecule has 50 valence electrons. The number of nitrogens with two attached hydrogens (primary N) is 1. The molecule has 0 aliphatic rings. The lowest BCUT2D eigenvalue weighted by Gasteiger charge is -2.12. The molecule has 2 nitrogen and oxygen atoms in total. The van der Waals surface area contributed by atoms with E-state index in [2.05, 4.69) is 18.6 Å². The van der Waals surface area contributed by atoms with Crippen molar-refractivity contribution >= 4 is 11.9 Å². The molecule has 0 radical (unpaired) electrons. The van der Waals surface area contributed by atoms with Gasteiger partial charge in [-0.15, -0.1) is 0 Å². The highest BCUT2D eigenvalue weighted by molar-refractivity contribution is 7.97. The molecule has 0 aliphatic carbocycles. The number of rotatable bonds is 3. The van der Waals surface area contributed by atoms with Gasteiger partial charge in [0.05, 0.1) is 5.37 Å². The average molecular weight is 134 g/mol. The summed E-state index contributed by atoms with van der Waals surface area (Å²) in [5, 5.41) is 0.222. The molecule has 0 saturated carbocycles. The van der Waals surface area contributed by atoms with E-state index in [-0.39, 0.29) is 5.37 Å². The Morgan fingerprint density at radius 3 is 2.12 bits per heavy atom. The maximum Gasteiger partial charge on any atom is 0.0677 e. The molecule has 0 amide bonds. The topological polar surface area (TPSA) is 38.0 Å². The summed E-state index contributed by atoms with van der Waals surface area (Å²) in [5.74, 6) is 0.549. The van der Waals surface area contributed by atoms with E-state index < -0.39 is 0 Å². The van der Waals surface area contributed by atoms with Crippen molar-refractivity contribution in [2.75, 3.05) is 7.05 Å². The monoisotopic (exact) mass is 134 g/mol. The van der Waals surface area contributed by atoms with Crippen LogP contribution in [0.5, 0.6) is 0 Å². The normalized spacial score (nSPS) is 14.6. The summed E-state index contributed by atoms with van der Waals surface area (Å²) in [7, 11) is 1.88. The Labute approximate surface area is 55.3 Å². The Morgan fingerprint density at radius 1 is 1.50 bits per heavy atom. The van der Waals surface area contributed by atoms with E-state index in [1.165, 1.54) is 0 Å². The van der Waals surface area contributed by atoms with E-state index in [1.54, 1.807) is 11.9 Å². The smallest absolute Gasteiger partial charge is 0.0677 e. The first-order valence-corrected chi connectivity index (χ1v) is 3.64. The molecule has 1 unspecified atom stereocenters. The highest BCUT2D eigenvalue weighted by Gasteiger charge is 2.04. The Hall–Kier alpha value is 0.270. The third-order valence-electron chi connectivity index (χ3n) is 0.911. The zero-order chi connectivity index (χ0) is 6.57. The second kappa shape index (κ2) is 4.18. The van der Waals surface area contributed by atoms with Crippen LogP contribution in [0.25, 0.3) is 0 Å². The van der Waals surface area contributed by atoms with Gasteiger partial charge < -0.3 is 5.73 Å². The fourth-order valence-electron chi connectivity index (χ4n) is 0.272. The molecular formula is C5H14N2S. The Bertz CT molecular complexity index is 56.4. The molecule has 3 N–H and O–H groups in total. The molecule has 0 aromatic rings. The van der Waals surface area contributed by atoms with Gasteiger partial charge in [-0.1, -0.05) is 25.8 Å². The summed E-state index contributed by atoms with van der Waals surface area (Å²) >= 11 is 1.57. The number of hydrogen-bond donors (Lipinski definition) is 2. The molecule has 0 aliphatic heterocycles. The van der Waals surface area contributed by atoms with Crippen molar-refractivity contribution in [2.24, 2.45) is 11.7 Å².